The van der Waals surface area contributed by atoms with E-state index < -0.39 is 5.97 Å². The Labute approximate surface area is 180 Å². The minimum absolute atomic E-state index is 0.0206. The third kappa shape index (κ3) is 4.72. The van der Waals surface area contributed by atoms with Gasteiger partial charge in [-0.2, -0.15) is 10.4 Å². The van der Waals surface area contributed by atoms with Crippen molar-refractivity contribution in [2.24, 2.45) is 11.8 Å². The lowest BCUT2D eigenvalue weighted by molar-refractivity contribution is 0.0697. The summed E-state index contributed by atoms with van der Waals surface area (Å²) in [5.74, 6) is -0.115. The lowest BCUT2D eigenvalue weighted by Gasteiger charge is -2.15. The van der Waals surface area contributed by atoms with Gasteiger partial charge in [-0.05, 0) is 55.5 Å². The number of nitrogens with zero attached hydrogens (tertiary/aromatic N) is 5. The molecule has 0 radical (unpaired) electrons. The molecule has 158 valence electrons. The van der Waals surface area contributed by atoms with Gasteiger partial charge in [-0.25, -0.2) is 14.8 Å². The molecule has 0 spiro atoms. The summed E-state index contributed by atoms with van der Waals surface area (Å²) in [5.41, 5.74) is 3.46. The minimum Gasteiger partial charge on any atom is -0.478 e. The molecule has 1 unspecified atom stereocenters. The molecule has 1 saturated carbocycles. The molecule has 2 heterocycles. The van der Waals surface area contributed by atoms with Crippen LogP contribution in [0.1, 0.15) is 41.6 Å². The number of benzene rings is 1. The Kier molecular flexibility index (Phi) is 5.94. The van der Waals surface area contributed by atoms with Gasteiger partial charge in [0.2, 0.25) is 5.95 Å². The molecule has 0 bridgehead atoms. The predicted octanol–water partition coefficient (Wildman–Crippen LogP) is 4.42. The van der Waals surface area contributed by atoms with Gasteiger partial charge in [0.25, 0.3) is 0 Å². The smallest absolute Gasteiger partial charge is 0.335 e. The molecule has 0 aliphatic heterocycles. The molecule has 1 atom stereocenters. The Bertz CT molecular complexity index is 1110. The maximum absolute atomic E-state index is 11.0. The fraction of sp³-hybridized carbons (Fsp3) is 0.348. The van der Waals surface area contributed by atoms with Crippen LogP contribution in [-0.4, -0.2) is 30.8 Å². The van der Waals surface area contributed by atoms with Crippen molar-refractivity contribution in [2.45, 2.75) is 39.2 Å². The number of carboxylic acid groups (broad SMARTS) is 1. The van der Waals surface area contributed by atoms with Crippen LogP contribution >= 0.6 is 0 Å². The van der Waals surface area contributed by atoms with Gasteiger partial charge in [0.15, 0.2) is 0 Å². The van der Waals surface area contributed by atoms with Crippen molar-refractivity contribution < 1.29 is 9.90 Å². The van der Waals surface area contributed by atoms with E-state index in [1.165, 1.54) is 25.0 Å². The van der Waals surface area contributed by atoms with Gasteiger partial charge in [0, 0.05) is 23.6 Å². The SMILES string of the molecule is Cc1cnc(Nc2ccc(C(=O)O)cc2)nc1-c1cnn(CC(C#N)C2CCCC2)c1. The number of aromatic carboxylic acids is 1. The van der Waals surface area contributed by atoms with Crippen LogP contribution in [0.15, 0.2) is 42.9 Å². The molecule has 1 aliphatic rings. The van der Waals surface area contributed by atoms with Crippen LogP contribution in [0, 0.1) is 30.1 Å². The van der Waals surface area contributed by atoms with E-state index in [1.54, 1.807) is 24.5 Å². The number of rotatable bonds is 7. The number of anilines is 2. The number of carbonyl (C=O) groups is 1. The molecular weight excluding hydrogens is 392 g/mol. The van der Waals surface area contributed by atoms with E-state index in [0.717, 1.165) is 29.7 Å². The van der Waals surface area contributed by atoms with E-state index in [2.05, 4.69) is 26.5 Å². The van der Waals surface area contributed by atoms with Gasteiger partial charge in [0.05, 0.1) is 36.0 Å². The number of nitrogens with one attached hydrogen (secondary N) is 1. The van der Waals surface area contributed by atoms with Crippen molar-refractivity contribution in [1.82, 2.24) is 19.7 Å². The molecule has 1 fully saturated rings. The highest BCUT2D eigenvalue weighted by molar-refractivity contribution is 5.88. The molecule has 8 heteroatoms. The topological polar surface area (TPSA) is 117 Å². The molecule has 1 aromatic carbocycles. The molecule has 0 saturated heterocycles. The van der Waals surface area contributed by atoms with Gasteiger partial charge in [-0.3, -0.25) is 4.68 Å². The second kappa shape index (κ2) is 8.96. The van der Waals surface area contributed by atoms with Crippen molar-refractivity contribution in [3.8, 4) is 17.3 Å². The highest BCUT2D eigenvalue weighted by Crippen LogP contribution is 2.32. The fourth-order valence-electron chi connectivity index (χ4n) is 4.06. The Hall–Kier alpha value is -3.73. The second-order valence-corrected chi connectivity index (χ2v) is 7.96. The summed E-state index contributed by atoms with van der Waals surface area (Å²) in [6, 6.07) is 8.87. The zero-order valence-corrected chi connectivity index (χ0v) is 17.3. The maximum Gasteiger partial charge on any atom is 0.335 e. The van der Waals surface area contributed by atoms with Crippen LogP contribution in [-0.2, 0) is 6.54 Å². The normalized spacial score (nSPS) is 14.8. The quantitative estimate of drug-likeness (QED) is 0.585. The van der Waals surface area contributed by atoms with Gasteiger partial charge in [-0.15, -0.1) is 0 Å². The minimum atomic E-state index is -0.969. The average Bonchev–Trinajstić information content (AvgIpc) is 3.46. The van der Waals surface area contributed by atoms with Crippen molar-refractivity contribution in [1.29, 1.82) is 5.26 Å². The van der Waals surface area contributed by atoms with Gasteiger partial charge < -0.3 is 10.4 Å². The Balaban J connectivity index is 1.51. The third-order valence-electron chi connectivity index (χ3n) is 5.78. The number of aryl methyl sites for hydroxylation is 1. The summed E-state index contributed by atoms with van der Waals surface area (Å²) >= 11 is 0. The average molecular weight is 416 g/mol. The largest absolute Gasteiger partial charge is 0.478 e. The first-order valence-corrected chi connectivity index (χ1v) is 10.4. The van der Waals surface area contributed by atoms with E-state index in [4.69, 9.17) is 5.11 Å². The predicted molar refractivity (Wildman–Crippen MR) is 116 cm³/mol. The van der Waals surface area contributed by atoms with Crippen LogP contribution < -0.4 is 5.32 Å². The van der Waals surface area contributed by atoms with Crippen molar-refractivity contribution >= 4 is 17.6 Å². The second-order valence-electron chi connectivity index (χ2n) is 7.96. The number of aromatic nitrogens is 4. The van der Waals surface area contributed by atoms with Gasteiger partial charge >= 0.3 is 5.97 Å². The molecule has 2 N–H and O–H groups in total. The maximum atomic E-state index is 11.0. The van der Waals surface area contributed by atoms with Crippen molar-refractivity contribution in [3.05, 3.63) is 54.0 Å². The standard InChI is InChI=1S/C23H24N6O2/c1-15-11-25-23(27-20-8-6-17(7-9-20)22(30)31)28-21(15)19-12-26-29(14-19)13-18(10-24)16-4-2-3-5-16/h6-9,11-12,14,16,18H,2-5,13H2,1H3,(H,30,31)(H,25,27,28). The van der Waals surface area contributed by atoms with E-state index in [-0.39, 0.29) is 11.5 Å². The number of carboxylic acids is 1. The van der Waals surface area contributed by atoms with Gasteiger partial charge in [-0.1, -0.05) is 12.8 Å². The number of hydrogen-bond donors (Lipinski definition) is 2. The lowest BCUT2D eigenvalue weighted by atomic mass is 9.92. The van der Waals surface area contributed by atoms with Crippen LogP contribution in [0.4, 0.5) is 11.6 Å². The first kappa shape index (κ1) is 20.5. The zero-order valence-electron chi connectivity index (χ0n) is 17.3. The van der Waals surface area contributed by atoms with Crippen LogP contribution in [0.2, 0.25) is 0 Å². The first-order valence-electron chi connectivity index (χ1n) is 10.4. The molecule has 8 nitrogen and oxygen atoms in total. The molecule has 3 aromatic rings. The molecular formula is C23H24N6O2. The first-order chi connectivity index (χ1) is 15.0. The Morgan fingerprint density at radius 1 is 1.29 bits per heavy atom. The zero-order chi connectivity index (χ0) is 21.8. The van der Waals surface area contributed by atoms with E-state index in [0.29, 0.717) is 24.1 Å². The molecule has 1 aliphatic carbocycles. The molecule has 4 rings (SSSR count). The van der Waals surface area contributed by atoms with Crippen LogP contribution in [0.3, 0.4) is 0 Å². The number of hydrogen-bond acceptors (Lipinski definition) is 6. The Morgan fingerprint density at radius 2 is 2.03 bits per heavy atom. The van der Waals surface area contributed by atoms with E-state index >= 15 is 0 Å². The lowest BCUT2D eigenvalue weighted by Crippen LogP contribution is -2.17. The van der Waals surface area contributed by atoms with E-state index in [1.807, 2.05) is 17.8 Å². The fourth-order valence-corrected chi connectivity index (χ4v) is 4.06. The van der Waals surface area contributed by atoms with Crippen LogP contribution in [0.25, 0.3) is 11.3 Å². The summed E-state index contributed by atoms with van der Waals surface area (Å²) in [6.45, 7) is 2.53. The summed E-state index contributed by atoms with van der Waals surface area (Å²) in [5, 5.41) is 26.2. The summed E-state index contributed by atoms with van der Waals surface area (Å²) in [4.78, 5) is 20.0. The Morgan fingerprint density at radius 3 is 2.71 bits per heavy atom. The highest BCUT2D eigenvalue weighted by Gasteiger charge is 2.25. The third-order valence-corrected chi connectivity index (χ3v) is 5.78. The number of nitriles is 1. The summed E-state index contributed by atoms with van der Waals surface area (Å²) in [7, 11) is 0. The molecule has 31 heavy (non-hydrogen) atoms. The molecule has 0 amide bonds. The van der Waals surface area contributed by atoms with Crippen molar-refractivity contribution in [2.75, 3.05) is 5.32 Å². The highest BCUT2D eigenvalue weighted by atomic mass is 16.4. The van der Waals surface area contributed by atoms with E-state index in [9.17, 15) is 10.1 Å². The van der Waals surface area contributed by atoms with Gasteiger partial charge in [0.1, 0.15) is 0 Å². The van der Waals surface area contributed by atoms with Crippen molar-refractivity contribution in [3.63, 3.8) is 0 Å². The molecule has 2 aromatic heterocycles. The summed E-state index contributed by atoms with van der Waals surface area (Å²) < 4.78 is 1.83. The van der Waals surface area contributed by atoms with Crippen LogP contribution in [0.5, 0.6) is 0 Å². The monoisotopic (exact) mass is 416 g/mol. The summed E-state index contributed by atoms with van der Waals surface area (Å²) in [6.07, 6.45) is 10.1.